The number of nitrogens with zero attached hydrogens (tertiary/aromatic N) is 3. The van der Waals surface area contributed by atoms with Gasteiger partial charge in [-0.2, -0.15) is 5.10 Å². The highest BCUT2D eigenvalue weighted by Gasteiger charge is 2.34. The summed E-state index contributed by atoms with van der Waals surface area (Å²) in [7, 11) is 1.85. The lowest BCUT2D eigenvalue weighted by Crippen LogP contribution is -2.28. The molecular weight excluding hydrogens is 273 g/mol. The van der Waals surface area contributed by atoms with Crippen molar-refractivity contribution in [1.82, 2.24) is 20.1 Å². The zero-order chi connectivity index (χ0) is 14.8. The molecule has 0 bridgehead atoms. The Balaban J connectivity index is 1.72. The lowest BCUT2D eigenvalue weighted by atomic mass is 9.90. The van der Waals surface area contributed by atoms with Crippen LogP contribution in [0.25, 0.3) is 0 Å². The number of hydrogen-bond donors (Lipinski definition) is 2. The van der Waals surface area contributed by atoms with Crippen molar-refractivity contribution in [2.24, 2.45) is 13.0 Å². The van der Waals surface area contributed by atoms with Crippen LogP contribution in [0.15, 0.2) is 30.7 Å². The van der Waals surface area contributed by atoms with Crippen LogP contribution in [0, 0.1) is 11.7 Å². The maximum absolute atomic E-state index is 12.8. The van der Waals surface area contributed by atoms with Crippen LogP contribution < -0.4 is 10.6 Å². The highest BCUT2D eigenvalue weighted by atomic mass is 19.1. The minimum Gasteiger partial charge on any atom is -0.315 e. The van der Waals surface area contributed by atoms with Crippen molar-refractivity contribution in [2.75, 3.05) is 18.4 Å². The Labute approximate surface area is 121 Å². The summed E-state index contributed by atoms with van der Waals surface area (Å²) < 4.78 is 14.5. The number of carbonyl (C=O) groups is 1. The molecule has 0 aliphatic carbocycles. The minimum atomic E-state index is -0.427. The summed E-state index contributed by atoms with van der Waals surface area (Å²) in [5.41, 5.74) is 1.04. The van der Waals surface area contributed by atoms with E-state index in [2.05, 4.69) is 20.7 Å². The SMILES string of the molecule is Cn1cc([C@H]2CNC[C@@H]2C(=O)Nc2ccc(F)cn2)cn1. The van der Waals surface area contributed by atoms with Gasteiger partial charge in [0.1, 0.15) is 11.6 Å². The van der Waals surface area contributed by atoms with E-state index in [4.69, 9.17) is 0 Å². The molecule has 1 saturated heterocycles. The standard InChI is InChI=1S/C14H16FN5O/c1-20-8-9(4-18-20)11-6-16-7-12(11)14(21)19-13-3-2-10(15)5-17-13/h2-5,8,11-12,16H,6-7H2,1H3,(H,17,19,21)/t11-,12+/m1/s1. The quantitative estimate of drug-likeness (QED) is 0.880. The second-order valence-electron chi connectivity index (χ2n) is 5.17. The van der Waals surface area contributed by atoms with Crippen molar-refractivity contribution in [3.63, 3.8) is 0 Å². The summed E-state index contributed by atoms with van der Waals surface area (Å²) in [6.45, 7) is 1.34. The topological polar surface area (TPSA) is 71.8 Å². The van der Waals surface area contributed by atoms with Gasteiger partial charge >= 0.3 is 0 Å². The molecule has 6 nitrogen and oxygen atoms in total. The van der Waals surface area contributed by atoms with E-state index >= 15 is 0 Å². The number of anilines is 1. The van der Waals surface area contributed by atoms with Crippen LogP contribution in [0.4, 0.5) is 10.2 Å². The number of pyridine rings is 1. The van der Waals surface area contributed by atoms with Crippen molar-refractivity contribution < 1.29 is 9.18 Å². The van der Waals surface area contributed by atoms with E-state index in [1.807, 2.05) is 13.2 Å². The van der Waals surface area contributed by atoms with Gasteiger partial charge in [0.2, 0.25) is 5.91 Å². The third-order valence-corrected chi connectivity index (χ3v) is 3.68. The van der Waals surface area contributed by atoms with Crippen molar-refractivity contribution in [2.45, 2.75) is 5.92 Å². The van der Waals surface area contributed by atoms with Gasteiger partial charge in [-0.15, -0.1) is 0 Å². The van der Waals surface area contributed by atoms with Crippen LogP contribution in [0.1, 0.15) is 11.5 Å². The van der Waals surface area contributed by atoms with E-state index < -0.39 is 5.82 Å². The molecule has 7 heteroatoms. The fourth-order valence-corrected chi connectivity index (χ4v) is 2.60. The summed E-state index contributed by atoms with van der Waals surface area (Å²) >= 11 is 0. The number of rotatable bonds is 3. The van der Waals surface area contributed by atoms with Gasteiger partial charge in [-0.3, -0.25) is 9.48 Å². The van der Waals surface area contributed by atoms with E-state index in [9.17, 15) is 9.18 Å². The maximum Gasteiger partial charge on any atom is 0.230 e. The van der Waals surface area contributed by atoms with Crippen molar-refractivity contribution in [1.29, 1.82) is 0 Å². The molecule has 0 spiro atoms. The molecule has 0 saturated carbocycles. The number of amides is 1. The molecule has 1 aliphatic rings. The maximum atomic E-state index is 12.8. The monoisotopic (exact) mass is 289 g/mol. The fourth-order valence-electron chi connectivity index (χ4n) is 2.60. The molecule has 1 aliphatic heterocycles. The van der Waals surface area contributed by atoms with Gasteiger partial charge in [-0.25, -0.2) is 9.37 Å². The number of aryl methyl sites for hydroxylation is 1. The van der Waals surface area contributed by atoms with E-state index in [1.54, 1.807) is 10.9 Å². The van der Waals surface area contributed by atoms with Gasteiger partial charge < -0.3 is 10.6 Å². The number of hydrogen-bond acceptors (Lipinski definition) is 4. The van der Waals surface area contributed by atoms with Crippen LogP contribution in [0.5, 0.6) is 0 Å². The summed E-state index contributed by atoms with van der Waals surface area (Å²) in [6, 6.07) is 2.73. The predicted molar refractivity (Wildman–Crippen MR) is 75.1 cm³/mol. The molecule has 3 rings (SSSR count). The molecule has 0 radical (unpaired) electrons. The molecule has 2 aromatic heterocycles. The van der Waals surface area contributed by atoms with Gasteiger partial charge in [0.25, 0.3) is 0 Å². The Hall–Kier alpha value is -2.28. The largest absolute Gasteiger partial charge is 0.315 e. The highest BCUT2D eigenvalue weighted by Crippen LogP contribution is 2.28. The third kappa shape index (κ3) is 2.92. The molecule has 2 atom stereocenters. The Bertz CT molecular complexity index is 639. The van der Waals surface area contributed by atoms with Gasteiger partial charge in [0.05, 0.1) is 18.3 Å². The zero-order valence-corrected chi connectivity index (χ0v) is 11.6. The lowest BCUT2D eigenvalue weighted by Gasteiger charge is -2.16. The average Bonchev–Trinajstić information content (AvgIpc) is 3.09. The predicted octanol–water partition coefficient (Wildman–Crippen LogP) is 0.896. The van der Waals surface area contributed by atoms with E-state index in [-0.39, 0.29) is 17.7 Å². The summed E-state index contributed by atoms with van der Waals surface area (Å²) in [4.78, 5) is 16.2. The van der Waals surface area contributed by atoms with E-state index in [1.165, 1.54) is 12.1 Å². The number of carbonyl (C=O) groups excluding carboxylic acids is 1. The Morgan fingerprint density at radius 1 is 1.43 bits per heavy atom. The Morgan fingerprint density at radius 3 is 2.95 bits per heavy atom. The molecule has 3 heterocycles. The molecule has 2 N–H and O–H groups in total. The normalized spacial score (nSPS) is 21.4. The number of nitrogens with one attached hydrogen (secondary N) is 2. The van der Waals surface area contributed by atoms with E-state index in [0.717, 1.165) is 18.3 Å². The van der Waals surface area contributed by atoms with Crippen LogP contribution in [-0.2, 0) is 11.8 Å². The van der Waals surface area contributed by atoms with Gasteiger partial charge in [-0.1, -0.05) is 0 Å². The van der Waals surface area contributed by atoms with Crippen LogP contribution in [0.2, 0.25) is 0 Å². The van der Waals surface area contributed by atoms with Crippen LogP contribution >= 0.6 is 0 Å². The number of aromatic nitrogens is 3. The molecule has 1 fully saturated rings. The molecule has 1 amide bonds. The summed E-state index contributed by atoms with van der Waals surface area (Å²) in [5.74, 6) is -0.296. The van der Waals surface area contributed by atoms with Crippen LogP contribution in [0.3, 0.4) is 0 Å². The first-order valence-corrected chi connectivity index (χ1v) is 6.75. The highest BCUT2D eigenvalue weighted by molar-refractivity contribution is 5.92. The second-order valence-corrected chi connectivity index (χ2v) is 5.17. The smallest absolute Gasteiger partial charge is 0.230 e. The average molecular weight is 289 g/mol. The Morgan fingerprint density at radius 2 is 2.29 bits per heavy atom. The number of halogens is 1. The molecule has 0 aromatic carbocycles. The summed E-state index contributed by atoms with van der Waals surface area (Å²) in [6.07, 6.45) is 4.79. The minimum absolute atomic E-state index is 0.0825. The lowest BCUT2D eigenvalue weighted by molar-refractivity contribution is -0.119. The van der Waals surface area contributed by atoms with Crippen molar-refractivity contribution >= 4 is 11.7 Å². The van der Waals surface area contributed by atoms with Crippen molar-refractivity contribution in [3.05, 3.63) is 42.1 Å². The third-order valence-electron chi connectivity index (χ3n) is 3.68. The second kappa shape index (κ2) is 5.61. The van der Waals surface area contributed by atoms with Crippen LogP contribution in [-0.4, -0.2) is 33.8 Å². The molecule has 110 valence electrons. The van der Waals surface area contributed by atoms with Gasteiger partial charge in [-0.05, 0) is 17.7 Å². The molecular formula is C14H16FN5O. The fraction of sp³-hybridized carbons (Fsp3) is 0.357. The molecule has 21 heavy (non-hydrogen) atoms. The van der Waals surface area contributed by atoms with Crippen molar-refractivity contribution in [3.8, 4) is 0 Å². The molecule has 0 unspecified atom stereocenters. The zero-order valence-electron chi connectivity index (χ0n) is 11.6. The van der Waals surface area contributed by atoms with E-state index in [0.29, 0.717) is 12.4 Å². The first-order chi connectivity index (χ1) is 10.1. The first kappa shape index (κ1) is 13.7. The molecule has 2 aromatic rings. The Kier molecular flexibility index (Phi) is 3.66. The summed E-state index contributed by atoms with van der Waals surface area (Å²) in [5, 5.41) is 10.1. The van der Waals surface area contributed by atoms with Gasteiger partial charge in [0.15, 0.2) is 0 Å². The van der Waals surface area contributed by atoms with Gasteiger partial charge in [0, 0.05) is 32.3 Å². The first-order valence-electron chi connectivity index (χ1n) is 6.75.